The summed E-state index contributed by atoms with van der Waals surface area (Å²) >= 11 is 0. The molecule has 0 aliphatic heterocycles. The number of hydrogen-bond donors (Lipinski definition) is 1. The number of para-hydroxylation sites is 1. The van der Waals surface area contributed by atoms with Crippen LogP contribution in [0.5, 0.6) is 0 Å². The van der Waals surface area contributed by atoms with Crippen LogP contribution in [0, 0.1) is 0 Å². The molecule has 0 amide bonds. The Morgan fingerprint density at radius 1 is 1.45 bits per heavy atom. The Bertz CT molecular complexity index is 635. The highest BCUT2D eigenvalue weighted by atomic mass is 16.5. The molecule has 5 nitrogen and oxygen atoms in total. The van der Waals surface area contributed by atoms with Gasteiger partial charge in [0.25, 0.3) is 5.97 Å². The molecule has 1 aromatic carbocycles. The smallest absolute Gasteiger partial charge is 0.268 e. The highest BCUT2D eigenvalue weighted by molar-refractivity contribution is 6.56. The lowest BCUT2D eigenvalue weighted by molar-refractivity contribution is -0.653. The summed E-state index contributed by atoms with van der Waals surface area (Å²) in [5.74, 6) is -0.601. The molecule has 2 N–H and O–H groups in total. The van der Waals surface area contributed by atoms with Crippen molar-refractivity contribution >= 4 is 24.7 Å². The van der Waals surface area contributed by atoms with E-state index in [1.54, 1.807) is 0 Å². The van der Waals surface area contributed by atoms with Crippen molar-refractivity contribution < 1.29 is 14.1 Å². The highest BCUT2D eigenvalue weighted by Gasteiger charge is 2.15. The number of aromatic nitrogens is 2. The maximum atomic E-state index is 12.3. The van der Waals surface area contributed by atoms with E-state index in [-0.39, 0.29) is 11.8 Å². The van der Waals surface area contributed by atoms with Gasteiger partial charge in [-0.15, -0.1) is 5.82 Å². The van der Waals surface area contributed by atoms with E-state index in [4.69, 9.17) is 10.5 Å². The lowest BCUT2D eigenvalue weighted by Crippen LogP contribution is -2.51. The second-order valence-corrected chi connectivity index (χ2v) is 5.31. The van der Waals surface area contributed by atoms with Gasteiger partial charge in [0.2, 0.25) is 0 Å². The van der Waals surface area contributed by atoms with Crippen molar-refractivity contribution in [3.05, 3.63) is 42.2 Å². The van der Waals surface area contributed by atoms with Crippen LogP contribution in [0.2, 0.25) is 5.82 Å². The van der Waals surface area contributed by atoms with Gasteiger partial charge in [-0.2, -0.15) is 7.28 Å². The molecule has 0 spiro atoms. The number of nitrogens with zero attached hydrogens (tertiary/aromatic N) is 2. The number of rotatable bonds is 6. The summed E-state index contributed by atoms with van der Waals surface area (Å²) in [5.41, 5.74) is 8.60. The normalized spacial score (nSPS) is 12.1. The van der Waals surface area contributed by atoms with Gasteiger partial charge in [-0.05, 0) is 25.0 Å². The molecule has 1 heterocycles. The lowest BCUT2D eigenvalue weighted by atomic mass is 9.61. The van der Waals surface area contributed by atoms with Crippen molar-refractivity contribution in [1.29, 1.82) is 0 Å². The minimum absolute atomic E-state index is 0.230. The third kappa shape index (κ3) is 3.69. The summed E-state index contributed by atoms with van der Waals surface area (Å²) in [6, 6.07) is 7.61. The predicted octanol–water partition coefficient (Wildman–Crippen LogP) is 0.356. The molecule has 0 aliphatic rings. The topological polar surface area (TPSA) is 61.1 Å². The number of carbonyl (C=O) groups excluding carboxylic acids is 1. The van der Waals surface area contributed by atoms with E-state index < -0.39 is 0 Å². The van der Waals surface area contributed by atoms with Crippen molar-refractivity contribution in [2.75, 3.05) is 12.3 Å². The van der Waals surface area contributed by atoms with Gasteiger partial charge in [-0.25, -0.2) is 0 Å². The average Bonchev–Trinajstić information content (AvgIpc) is 2.80. The zero-order valence-corrected chi connectivity index (χ0v) is 13.3. The fourth-order valence-corrected chi connectivity index (χ4v) is 2.43. The van der Waals surface area contributed by atoms with Crippen LogP contribution in [0.25, 0.3) is 0 Å². The molecule has 2 radical (unpaired) electrons. The SMILES string of the molecule is CCOC(=O)C([B-]c1n(C)cc[n+]1C)Cc1ccccc1N. The molecule has 116 valence electrons. The van der Waals surface area contributed by atoms with Gasteiger partial charge in [-0.1, -0.05) is 18.2 Å². The minimum Gasteiger partial charge on any atom is -0.468 e. The van der Waals surface area contributed by atoms with Crippen LogP contribution in [0.15, 0.2) is 36.7 Å². The lowest BCUT2D eigenvalue weighted by Gasteiger charge is -2.25. The fraction of sp³-hybridized carbons (Fsp3) is 0.375. The summed E-state index contributed by atoms with van der Waals surface area (Å²) < 4.78 is 9.16. The first-order chi connectivity index (χ1) is 10.5. The number of imidazole rings is 1. The van der Waals surface area contributed by atoms with Crippen LogP contribution in [0.1, 0.15) is 12.5 Å². The van der Waals surface area contributed by atoms with Gasteiger partial charge in [0.05, 0.1) is 20.7 Å². The van der Waals surface area contributed by atoms with Crippen LogP contribution in [0.3, 0.4) is 0 Å². The number of carbonyl (C=O) groups is 1. The van der Waals surface area contributed by atoms with Crippen LogP contribution in [-0.4, -0.2) is 24.4 Å². The summed E-state index contributed by atoms with van der Waals surface area (Å²) in [4.78, 5) is 12.3. The van der Waals surface area contributed by atoms with Gasteiger partial charge in [-0.3, -0.25) is 13.9 Å². The fourth-order valence-electron chi connectivity index (χ4n) is 2.43. The number of nitrogens with two attached hydrogens (primary N) is 1. The maximum absolute atomic E-state index is 12.3. The zero-order chi connectivity index (χ0) is 16.1. The molecule has 0 saturated heterocycles. The summed E-state index contributed by atoms with van der Waals surface area (Å²) in [5, 5.41) is 0. The molecule has 6 heteroatoms. The molecule has 0 bridgehead atoms. The molecular formula is C16H22BN3O2. The molecule has 1 aromatic heterocycles. The Morgan fingerprint density at radius 2 is 2.18 bits per heavy atom. The van der Waals surface area contributed by atoms with Gasteiger partial charge in [0.15, 0.2) is 0 Å². The monoisotopic (exact) mass is 299 g/mol. The maximum Gasteiger partial charge on any atom is 0.268 e. The predicted molar refractivity (Wildman–Crippen MR) is 86.9 cm³/mol. The van der Waals surface area contributed by atoms with E-state index in [9.17, 15) is 4.79 Å². The Balaban J connectivity index is 2.23. The third-order valence-corrected chi connectivity index (χ3v) is 3.67. The van der Waals surface area contributed by atoms with Gasteiger partial charge >= 0.3 is 0 Å². The Hall–Kier alpha value is -2.24. The molecular weight excluding hydrogens is 277 g/mol. The minimum atomic E-state index is -0.371. The molecule has 0 saturated carbocycles. The second kappa shape index (κ2) is 7.16. The Morgan fingerprint density at radius 3 is 2.77 bits per heavy atom. The largest absolute Gasteiger partial charge is 0.468 e. The molecule has 0 aliphatic carbocycles. The van der Waals surface area contributed by atoms with E-state index in [0.29, 0.717) is 18.7 Å². The van der Waals surface area contributed by atoms with Gasteiger partial charge in [0, 0.05) is 11.4 Å². The van der Waals surface area contributed by atoms with E-state index in [0.717, 1.165) is 11.3 Å². The molecule has 1 unspecified atom stereocenters. The van der Waals surface area contributed by atoms with Crippen molar-refractivity contribution in [3.8, 4) is 0 Å². The van der Waals surface area contributed by atoms with Crippen LogP contribution in [-0.2, 0) is 30.0 Å². The number of benzene rings is 1. The number of anilines is 1. The van der Waals surface area contributed by atoms with Crippen LogP contribution >= 0.6 is 0 Å². The number of aryl methyl sites for hydroxylation is 2. The number of hydrogen-bond acceptors (Lipinski definition) is 3. The Labute approximate surface area is 131 Å². The number of nitrogen functional groups attached to an aromatic ring is 1. The van der Waals surface area contributed by atoms with Crippen molar-refractivity contribution in [2.24, 2.45) is 14.1 Å². The zero-order valence-electron chi connectivity index (χ0n) is 13.3. The standard InChI is InChI=1S/C16H22BN3O2/c1-4-22-15(21)13(11-12-7-5-6-8-14(12)18)17-16-19(2)9-10-20(16)3/h5-10,13H,4,11,18H2,1-3H3. The van der Waals surface area contributed by atoms with E-state index in [2.05, 4.69) is 0 Å². The van der Waals surface area contributed by atoms with E-state index >= 15 is 0 Å². The van der Waals surface area contributed by atoms with Gasteiger partial charge < -0.3 is 10.5 Å². The van der Waals surface area contributed by atoms with Gasteiger partial charge in [0.1, 0.15) is 12.4 Å². The first-order valence-electron chi connectivity index (χ1n) is 7.38. The summed E-state index contributed by atoms with van der Waals surface area (Å²) in [6.45, 7) is 2.18. The first kappa shape index (κ1) is 16.1. The quantitative estimate of drug-likeness (QED) is 0.362. The van der Waals surface area contributed by atoms with Crippen molar-refractivity contribution in [1.82, 2.24) is 4.57 Å². The van der Waals surface area contributed by atoms with Crippen molar-refractivity contribution in [3.63, 3.8) is 0 Å². The number of esters is 1. The molecule has 0 fully saturated rings. The average molecular weight is 299 g/mol. The Kier molecular flexibility index (Phi) is 5.25. The number of ether oxygens (including phenoxy) is 1. The van der Waals surface area contributed by atoms with E-state index in [1.165, 1.54) is 0 Å². The summed E-state index contributed by atoms with van der Waals surface area (Å²) in [6.07, 6.45) is 4.42. The molecule has 2 rings (SSSR count). The molecule has 22 heavy (non-hydrogen) atoms. The van der Waals surface area contributed by atoms with Crippen molar-refractivity contribution in [2.45, 2.75) is 19.2 Å². The first-order valence-corrected chi connectivity index (χ1v) is 7.38. The van der Waals surface area contributed by atoms with E-state index in [1.807, 2.05) is 74.1 Å². The summed E-state index contributed by atoms with van der Waals surface area (Å²) in [7, 11) is 5.83. The highest BCUT2D eigenvalue weighted by Crippen LogP contribution is 2.19. The van der Waals surface area contributed by atoms with Crippen LogP contribution < -0.4 is 16.0 Å². The van der Waals surface area contributed by atoms with Crippen LogP contribution in [0.4, 0.5) is 5.69 Å². The molecule has 1 atom stereocenters. The second-order valence-electron chi connectivity index (χ2n) is 5.31. The molecule has 2 aromatic rings. The third-order valence-electron chi connectivity index (χ3n) is 3.67.